The lowest BCUT2D eigenvalue weighted by Crippen LogP contribution is -2.03. The number of non-ortho nitro benzene ring substituents is 1. The zero-order chi connectivity index (χ0) is 14.9. The number of carboxylic acid groups (broad SMARTS) is 1. The molecule has 0 radical (unpaired) electrons. The van der Waals surface area contributed by atoms with Crippen molar-refractivity contribution in [1.29, 1.82) is 0 Å². The molecule has 7 heteroatoms. The fourth-order valence-electron chi connectivity index (χ4n) is 2.05. The Balaban J connectivity index is 2.43. The standard InChI is InChI=1S/C13H13N3O4/c1-8-12(7-13(17)18)9(2)15(14-8)10-3-5-11(6-4-10)16(19)20/h3-6H,7H2,1-2H3,(H,17,18). The summed E-state index contributed by atoms with van der Waals surface area (Å²) in [4.78, 5) is 21.0. The normalized spacial score (nSPS) is 10.5. The van der Waals surface area contributed by atoms with E-state index >= 15 is 0 Å². The lowest BCUT2D eigenvalue weighted by molar-refractivity contribution is -0.384. The fraction of sp³-hybridized carbons (Fsp3) is 0.231. The number of benzene rings is 1. The lowest BCUT2D eigenvalue weighted by Gasteiger charge is -2.04. The smallest absolute Gasteiger partial charge is 0.307 e. The van der Waals surface area contributed by atoms with Crippen LogP contribution in [0.5, 0.6) is 0 Å². The van der Waals surface area contributed by atoms with Crippen molar-refractivity contribution in [2.24, 2.45) is 0 Å². The van der Waals surface area contributed by atoms with E-state index in [1.807, 2.05) is 0 Å². The molecule has 7 nitrogen and oxygen atoms in total. The highest BCUT2D eigenvalue weighted by molar-refractivity contribution is 5.71. The van der Waals surface area contributed by atoms with Crippen molar-refractivity contribution in [2.45, 2.75) is 20.3 Å². The Labute approximate surface area is 114 Å². The molecule has 1 aromatic carbocycles. The number of carbonyl (C=O) groups is 1. The topological polar surface area (TPSA) is 98.3 Å². The summed E-state index contributed by atoms with van der Waals surface area (Å²) in [5.41, 5.74) is 2.69. The summed E-state index contributed by atoms with van der Waals surface area (Å²) < 4.78 is 1.59. The Kier molecular flexibility index (Phi) is 3.51. The van der Waals surface area contributed by atoms with Crippen LogP contribution in [0, 0.1) is 24.0 Å². The zero-order valence-corrected chi connectivity index (χ0v) is 11.0. The molecule has 1 heterocycles. The molecule has 2 rings (SSSR count). The number of aliphatic carboxylic acids is 1. The average Bonchev–Trinajstić information content (AvgIpc) is 2.66. The van der Waals surface area contributed by atoms with Gasteiger partial charge in [0.25, 0.3) is 5.69 Å². The van der Waals surface area contributed by atoms with Crippen LogP contribution in [-0.4, -0.2) is 25.8 Å². The van der Waals surface area contributed by atoms with E-state index in [1.165, 1.54) is 12.1 Å². The number of nitro benzene ring substituents is 1. The molecule has 2 aromatic rings. The van der Waals surface area contributed by atoms with Crippen molar-refractivity contribution < 1.29 is 14.8 Å². The Morgan fingerprint density at radius 1 is 1.35 bits per heavy atom. The van der Waals surface area contributed by atoms with Crippen LogP contribution < -0.4 is 0 Å². The van der Waals surface area contributed by atoms with E-state index in [0.717, 1.165) is 5.69 Å². The van der Waals surface area contributed by atoms with Gasteiger partial charge in [0.2, 0.25) is 0 Å². The number of carboxylic acids is 1. The minimum atomic E-state index is -0.917. The van der Waals surface area contributed by atoms with Gasteiger partial charge >= 0.3 is 5.97 Å². The maximum Gasteiger partial charge on any atom is 0.307 e. The number of aromatic nitrogens is 2. The molecule has 0 aliphatic rings. The number of nitro groups is 1. The van der Waals surface area contributed by atoms with Crippen molar-refractivity contribution in [1.82, 2.24) is 9.78 Å². The minimum absolute atomic E-state index is 0.000963. The molecule has 0 aliphatic heterocycles. The number of aryl methyl sites for hydroxylation is 1. The molecule has 0 spiro atoms. The largest absolute Gasteiger partial charge is 0.481 e. The quantitative estimate of drug-likeness (QED) is 0.680. The van der Waals surface area contributed by atoms with Crippen LogP contribution in [0.4, 0.5) is 5.69 Å². The van der Waals surface area contributed by atoms with Gasteiger partial charge in [0, 0.05) is 23.4 Å². The van der Waals surface area contributed by atoms with Gasteiger partial charge in [-0.25, -0.2) is 4.68 Å². The first-order valence-electron chi connectivity index (χ1n) is 5.92. The summed E-state index contributed by atoms with van der Waals surface area (Å²) in [5.74, 6) is -0.917. The van der Waals surface area contributed by atoms with Crippen LogP contribution in [0.25, 0.3) is 5.69 Å². The maximum absolute atomic E-state index is 10.8. The molecule has 104 valence electrons. The molecular weight excluding hydrogens is 262 g/mol. The predicted molar refractivity (Wildman–Crippen MR) is 71.0 cm³/mol. The summed E-state index contributed by atoms with van der Waals surface area (Å²) in [6.07, 6.45) is -0.0926. The summed E-state index contributed by atoms with van der Waals surface area (Å²) in [7, 11) is 0. The van der Waals surface area contributed by atoms with Crippen molar-refractivity contribution in [2.75, 3.05) is 0 Å². The predicted octanol–water partition coefficient (Wildman–Crippen LogP) is 2.02. The second-order valence-corrected chi connectivity index (χ2v) is 4.41. The second kappa shape index (κ2) is 5.12. The fourth-order valence-corrected chi connectivity index (χ4v) is 2.05. The molecule has 0 amide bonds. The van der Waals surface area contributed by atoms with E-state index in [9.17, 15) is 14.9 Å². The van der Waals surface area contributed by atoms with Crippen LogP contribution in [0.2, 0.25) is 0 Å². The summed E-state index contributed by atoms with van der Waals surface area (Å²) >= 11 is 0. The SMILES string of the molecule is Cc1nn(-c2ccc([N+](=O)[O-])cc2)c(C)c1CC(=O)O. The van der Waals surface area contributed by atoms with Gasteiger partial charge in [0.1, 0.15) is 0 Å². The molecule has 0 saturated heterocycles. The molecule has 20 heavy (non-hydrogen) atoms. The van der Waals surface area contributed by atoms with Gasteiger partial charge in [0.05, 0.1) is 22.7 Å². The van der Waals surface area contributed by atoms with Crippen LogP contribution in [0.15, 0.2) is 24.3 Å². The van der Waals surface area contributed by atoms with E-state index in [1.54, 1.807) is 30.7 Å². The van der Waals surface area contributed by atoms with Crippen LogP contribution in [-0.2, 0) is 11.2 Å². The summed E-state index contributed by atoms with van der Waals surface area (Å²) in [6, 6.07) is 5.95. The molecule has 0 unspecified atom stereocenters. The molecule has 0 atom stereocenters. The van der Waals surface area contributed by atoms with Crippen LogP contribution in [0.1, 0.15) is 17.0 Å². The minimum Gasteiger partial charge on any atom is -0.481 e. The Hall–Kier alpha value is -2.70. The Morgan fingerprint density at radius 2 is 1.95 bits per heavy atom. The van der Waals surface area contributed by atoms with E-state index in [-0.39, 0.29) is 12.1 Å². The van der Waals surface area contributed by atoms with Gasteiger partial charge in [0.15, 0.2) is 0 Å². The molecule has 0 bridgehead atoms. The third kappa shape index (κ3) is 2.51. The zero-order valence-electron chi connectivity index (χ0n) is 11.0. The van der Waals surface area contributed by atoms with Gasteiger partial charge in [-0.1, -0.05) is 0 Å². The first-order chi connectivity index (χ1) is 9.40. The molecule has 1 N–H and O–H groups in total. The van der Waals surface area contributed by atoms with E-state index in [4.69, 9.17) is 5.11 Å². The molecule has 0 fully saturated rings. The van der Waals surface area contributed by atoms with E-state index in [0.29, 0.717) is 16.9 Å². The average molecular weight is 275 g/mol. The molecule has 0 saturated carbocycles. The highest BCUT2D eigenvalue weighted by atomic mass is 16.6. The Morgan fingerprint density at radius 3 is 2.45 bits per heavy atom. The van der Waals surface area contributed by atoms with Crippen molar-refractivity contribution in [3.63, 3.8) is 0 Å². The maximum atomic E-state index is 10.8. The van der Waals surface area contributed by atoms with Gasteiger partial charge < -0.3 is 5.11 Å². The van der Waals surface area contributed by atoms with Gasteiger partial charge in [-0.15, -0.1) is 0 Å². The van der Waals surface area contributed by atoms with Crippen LogP contribution >= 0.6 is 0 Å². The summed E-state index contributed by atoms with van der Waals surface area (Å²) in [5, 5.41) is 23.8. The van der Waals surface area contributed by atoms with Crippen molar-refractivity contribution in [3.05, 3.63) is 51.3 Å². The third-order valence-electron chi connectivity index (χ3n) is 3.07. The highest BCUT2D eigenvalue weighted by Gasteiger charge is 2.15. The van der Waals surface area contributed by atoms with Crippen molar-refractivity contribution >= 4 is 11.7 Å². The third-order valence-corrected chi connectivity index (χ3v) is 3.07. The molecule has 0 aliphatic carbocycles. The first-order valence-corrected chi connectivity index (χ1v) is 5.92. The molecule has 1 aromatic heterocycles. The number of rotatable bonds is 4. The van der Waals surface area contributed by atoms with Crippen molar-refractivity contribution in [3.8, 4) is 5.69 Å². The molecular formula is C13H13N3O4. The van der Waals surface area contributed by atoms with E-state index in [2.05, 4.69) is 5.10 Å². The number of nitrogens with zero attached hydrogens (tertiary/aromatic N) is 3. The first kappa shape index (κ1) is 13.7. The monoisotopic (exact) mass is 275 g/mol. The summed E-state index contributed by atoms with van der Waals surface area (Å²) in [6.45, 7) is 3.52. The van der Waals surface area contributed by atoms with Crippen LogP contribution in [0.3, 0.4) is 0 Å². The second-order valence-electron chi connectivity index (χ2n) is 4.41. The van der Waals surface area contributed by atoms with Gasteiger partial charge in [-0.05, 0) is 26.0 Å². The van der Waals surface area contributed by atoms with Gasteiger partial charge in [-0.3, -0.25) is 14.9 Å². The highest BCUT2D eigenvalue weighted by Crippen LogP contribution is 2.20. The Bertz CT molecular complexity index is 674. The number of hydrogen-bond acceptors (Lipinski definition) is 4. The lowest BCUT2D eigenvalue weighted by atomic mass is 10.1. The van der Waals surface area contributed by atoms with E-state index < -0.39 is 10.9 Å². The van der Waals surface area contributed by atoms with Gasteiger partial charge in [-0.2, -0.15) is 5.10 Å². The number of hydrogen-bond donors (Lipinski definition) is 1.